The van der Waals surface area contributed by atoms with Crippen molar-refractivity contribution in [1.82, 2.24) is 0 Å². The van der Waals surface area contributed by atoms with Crippen LogP contribution in [0, 0.1) is 0 Å². The maximum absolute atomic E-state index is 11.7. The van der Waals surface area contributed by atoms with Crippen LogP contribution in [0.15, 0.2) is 22.7 Å². The first-order valence-electron chi connectivity index (χ1n) is 5.32. The topological polar surface area (TPSA) is 55.1 Å². The molecule has 1 aromatic carbocycles. The first-order chi connectivity index (χ1) is 7.78. The number of hydrogen-bond donors (Lipinski definition) is 2. The van der Waals surface area contributed by atoms with Crippen LogP contribution in [-0.4, -0.2) is 11.4 Å². The van der Waals surface area contributed by atoms with Gasteiger partial charge in [0.2, 0.25) is 5.91 Å². The molecule has 0 aromatic heterocycles. The van der Waals surface area contributed by atoms with Crippen molar-refractivity contribution in [2.24, 2.45) is 5.73 Å². The predicted molar refractivity (Wildman–Crippen MR) is 75.3 cm³/mol. The van der Waals surface area contributed by atoms with Crippen LogP contribution in [0.2, 0.25) is 5.02 Å². The lowest BCUT2D eigenvalue weighted by atomic mass is 10.00. The van der Waals surface area contributed by atoms with Gasteiger partial charge in [-0.05, 0) is 38.5 Å². The molecule has 0 unspecified atom stereocenters. The van der Waals surface area contributed by atoms with Crippen LogP contribution in [0.25, 0.3) is 0 Å². The van der Waals surface area contributed by atoms with Crippen LogP contribution in [0.1, 0.15) is 26.7 Å². The number of nitrogens with two attached hydrogens (primary N) is 1. The van der Waals surface area contributed by atoms with E-state index >= 15 is 0 Å². The van der Waals surface area contributed by atoms with E-state index in [0.717, 1.165) is 4.47 Å². The van der Waals surface area contributed by atoms with Gasteiger partial charge < -0.3 is 11.1 Å². The number of hydrogen-bond acceptors (Lipinski definition) is 2. The summed E-state index contributed by atoms with van der Waals surface area (Å²) in [7, 11) is 0. The number of carbonyl (C=O) groups is 1. The molecule has 1 amide bonds. The van der Waals surface area contributed by atoms with Crippen LogP contribution >= 0.6 is 27.5 Å². The molecule has 0 spiro atoms. The van der Waals surface area contributed by atoms with Crippen molar-refractivity contribution >= 4 is 39.1 Å². The molecule has 94 valence electrons. The van der Waals surface area contributed by atoms with Gasteiger partial charge in [0.15, 0.2) is 0 Å². The highest BCUT2D eigenvalue weighted by Gasteiger charge is 2.14. The summed E-state index contributed by atoms with van der Waals surface area (Å²) >= 11 is 9.30. The second kappa shape index (κ2) is 5.85. The summed E-state index contributed by atoms with van der Waals surface area (Å²) < 4.78 is 0.872. The Kier molecular flexibility index (Phi) is 4.98. The fourth-order valence-corrected chi connectivity index (χ4v) is 1.77. The zero-order valence-corrected chi connectivity index (χ0v) is 12.2. The maximum atomic E-state index is 11.7. The van der Waals surface area contributed by atoms with Crippen LogP contribution in [0.3, 0.4) is 0 Å². The van der Waals surface area contributed by atoms with Crippen molar-refractivity contribution in [3.05, 3.63) is 27.7 Å². The lowest BCUT2D eigenvalue weighted by molar-refractivity contribution is -0.116. The molecule has 0 atom stereocenters. The Hall–Kier alpha value is -0.580. The van der Waals surface area contributed by atoms with E-state index in [1.54, 1.807) is 12.1 Å². The second-order valence-electron chi connectivity index (χ2n) is 4.66. The summed E-state index contributed by atoms with van der Waals surface area (Å²) in [6.45, 7) is 3.79. The number of anilines is 1. The van der Waals surface area contributed by atoms with Crippen molar-refractivity contribution in [2.75, 3.05) is 5.32 Å². The summed E-state index contributed by atoms with van der Waals surface area (Å²) in [6, 6.07) is 5.32. The van der Waals surface area contributed by atoms with Gasteiger partial charge in [0.05, 0.1) is 10.7 Å². The van der Waals surface area contributed by atoms with Crippen LogP contribution < -0.4 is 11.1 Å². The quantitative estimate of drug-likeness (QED) is 0.891. The van der Waals surface area contributed by atoms with E-state index in [9.17, 15) is 4.79 Å². The molecule has 1 rings (SSSR count). The normalized spacial score (nSPS) is 11.4. The summed E-state index contributed by atoms with van der Waals surface area (Å²) in [4.78, 5) is 11.7. The summed E-state index contributed by atoms with van der Waals surface area (Å²) in [6.07, 6.45) is 1.01. The van der Waals surface area contributed by atoms with E-state index in [4.69, 9.17) is 17.3 Å². The summed E-state index contributed by atoms with van der Waals surface area (Å²) in [5.74, 6) is -0.0801. The Bertz CT molecular complexity index is 415. The predicted octanol–water partition coefficient (Wildman–Crippen LogP) is 3.56. The largest absolute Gasteiger partial charge is 0.326 e. The smallest absolute Gasteiger partial charge is 0.224 e. The van der Waals surface area contributed by atoms with Gasteiger partial charge in [-0.2, -0.15) is 0 Å². The van der Waals surface area contributed by atoms with Gasteiger partial charge in [-0.1, -0.05) is 27.5 Å². The number of nitrogens with one attached hydrogen (secondary N) is 1. The molecule has 0 saturated heterocycles. The third-order valence-corrected chi connectivity index (χ3v) is 3.02. The molecular formula is C12H16BrClN2O. The van der Waals surface area contributed by atoms with Crippen LogP contribution in [-0.2, 0) is 4.79 Å². The van der Waals surface area contributed by atoms with E-state index in [0.29, 0.717) is 23.6 Å². The second-order valence-corrected chi connectivity index (χ2v) is 5.98. The Morgan fingerprint density at radius 2 is 2.18 bits per heavy atom. The minimum absolute atomic E-state index is 0.0801. The zero-order valence-electron chi connectivity index (χ0n) is 9.89. The molecule has 0 heterocycles. The van der Waals surface area contributed by atoms with Gasteiger partial charge in [0.1, 0.15) is 0 Å². The fourth-order valence-electron chi connectivity index (χ4n) is 1.24. The molecule has 0 bridgehead atoms. The summed E-state index contributed by atoms with van der Waals surface area (Å²) in [5.41, 5.74) is 6.09. The van der Waals surface area contributed by atoms with Gasteiger partial charge in [-0.15, -0.1) is 0 Å². The molecule has 5 heteroatoms. The summed E-state index contributed by atoms with van der Waals surface area (Å²) in [5, 5.41) is 3.29. The Morgan fingerprint density at radius 3 is 2.76 bits per heavy atom. The van der Waals surface area contributed by atoms with E-state index in [1.165, 1.54) is 0 Å². The number of amides is 1. The van der Waals surface area contributed by atoms with Crippen LogP contribution in [0.5, 0.6) is 0 Å². The molecule has 3 nitrogen and oxygen atoms in total. The molecule has 1 aromatic rings. The minimum Gasteiger partial charge on any atom is -0.326 e. The molecule has 17 heavy (non-hydrogen) atoms. The molecule has 3 N–H and O–H groups in total. The van der Waals surface area contributed by atoms with E-state index in [-0.39, 0.29) is 11.4 Å². The maximum Gasteiger partial charge on any atom is 0.224 e. The molecular weight excluding hydrogens is 304 g/mol. The number of rotatable bonds is 4. The van der Waals surface area contributed by atoms with Gasteiger partial charge in [-0.3, -0.25) is 4.79 Å². The highest BCUT2D eigenvalue weighted by atomic mass is 79.9. The molecule has 0 aliphatic heterocycles. The molecule has 0 aliphatic rings. The van der Waals surface area contributed by atoms with E-state index < -0.39 is 0 Å². The molecule has 0 aliphatic carbocycles. The van der Waals surface area contributed by atoms with Gasteiger partial charge in [0.25, 0.3) is 0 Å². The third kappa shape index (κ3) is 5.52. The Morgan fingerprint density at radius 1 is 1.53 bits per heavy atom. The SMILES string of the molecule is CC(C)(N)CCC(=O)Nc1cc(Br)ccc1Cl. The average Bonchev–Trinajstić information content (AvgIpc) is 2.20. The number of benzene rings is 1. The van der Waals surface area contributed by atoms with Crippen LogP contribution in [0.4, 0.5) is 5.69 Å². The average molecular weight is 320 g/mol. The Labute approximate surface area is 115 Å². The highest BCUT2D eigenvalue weighted by molar-refractivity contribution is 9.10. The minimum atomic E-state index is -0.335. The highest BCUT2D eigenvalue weighted by Crippen LogP contribution is 2.26. The molecule has 0 radical (unpaired) electrons. The lowest BCUT2D eigenvalue weighted by Crippen LogP contribution is -2.33. The van der Waals surface area contributed by atoms with E-state index in [2.05, 4.69) is 21.2 Å². The zero-order chi connectivity index (χ0) is 13.1. The first kappa shape index (κ1) is 14.5. The van der Waals surface area contributed by atoms with Gasteiger partial charge >= 0.3 is 0 Å². The van der Waals surface area contributed by atoms with Crippen molar-refractivity contribution in [1.29, 1.82) is 0 Å². The van der Waals surface area contributed by atoms with E-state index in [1.807, 2.05) is 19.9 Å². The lowest BCUT2D eigenvalue weighted by Gasteiger charge is -2.17. The Balaban J connectivity index is 2.59. The number of carbonyl (C=O) groups excluding carboxylic acids is 1. The van der Waals surface area contributed by atoms with Crippen molar-refractivity contribution in [3.63, 3.8) is 0 Å². The van der Waals surface area contributed by atoms with Gasteiger partial charge in [0, 0.05) is 16.4 Å². The molecule has 0 saturated carbocycles. The first-order valence-corrected chi connectivity index (χ1v) is 6.49. The van der Waals surface area contributed by atoms with Crippen molar-refractivity contribution in [3.8, 4) is 0 Å². The fraction of sp³-hybridized carbons (Fsp3) is 0.417. The molecule has 0 fully saturated rings. The number of halogens is 2. The van der Waals surface area contributed by atoms with Gasteiger partial charge in [-0.25, -0.2) is 0 Å². The van der Waals surface area contributed by atoms with Crippen molar-refractivity contribution < 1.29 is 4.79 Å². The third-order valence-electron chi connectivity index (χ3n) is 2.20. The van der Waals surface area contributed by atoms with Crippen molar-refractivity contribution in [2.45, 2.75) is 32.2 Å². The standard InChI is InChI=1S/C12H16BrClN2O/c1-12(2,15)6-5-11(17)16-10-7-8(13)3-4-9(10)14/h3-4,7H,5-6,15H2,1-2H3,(H,16,17). The monoisotopic (exact) mass is 318 g/mol.